The van der Waals surface area contributed by atoms with E-state index in [4.69, 9.17) is 0 Å². The summed E-state index contributed by atoms with van der Waals surface area (Å²) in [5.41, 5.74) is 0. The third-order valence-electron chi connectivity index (χ3n) is 5.77. The molecule has 3 aliphatic carbocycles. The Hall–Kier alpha value is -0.920. The smallest absolute Gasteiger partial charge is 0.140 e. The molecular formula is C17H24O2. The number of hydrogen-bond donors (Lipinski definition) is 0. The van der Waals surface area contributed by atoms with Crippen molar-refractivity contribution in [2.24, 2.45) is 35.5 Å². The van der Waals surface area contributed by atoms with Gasteiger partial charge in [0.2, 0.25) is 0 Å². The zero-order valence-electron chi connectivity index (χ0n) is 12.0. The second kappa shape index (κ2) is 4.88. The summed E-state index contributed by atoms with van der Waals surface area (Å²) in [6.07, 6.45) is 9.55. The normalized spacial score (nSPS) is 44.2. The third-order valence-corrected chi connectivity index (χ3v) is 5.77. The molecule has 0 spiro atoms. The Morgan fingerprint density at radius 2 is 2.00 bits per heavy atom. The summed E-state index contributed by atoms with van der Waals surface area (Å²) in [6, 6.07) is 0. The van der Waals surface area contributed by atoms with Crippen molar-refractivity contribution in [3.8, 4) is 0 Å². The van der Waals surface area contributed by atoms with Gasteiger partial charge in [0.05, 0.1) is 0 Å². The van der Waals surface area contributed by atoms with Crippen LogP contribution in [0.4, 0.5) is 0 Å². The van der Waals surface area contributed by atoms with Crippen LogP contribution in [0.2, 0.25) is 0 Å². The maximum absolute atomic E-state index is 12.9. The van der Waals surface area contributed by atoms with Crippen LogP contribution in [-0.4, -0.2) is 11.6 Å². The fourth-order valence-electron chi connectivity index (χ4n) is 4.71. The van der Waals surface area contributed by atoms with E-state index in [0.717, 1.165) is 12.8 Å². The number of ketones is 2. The molecule has 0 aromatic rings. The van der Waals surface area contributed by atoms with Gasteiger partial charge in [0, 0.05) is 18.3 Å². The monoisotopic (exact) mass is 260 g/mol. The van der Waals surface area contributed by atoms with E-state index in [1.807, 2.05) is 0 Å². The third kappa shape index (κ3) is 2.19. The highest BCUT2D eigenvalue weighted by molar-refractivity contribution is 5.86. The molecule has 3 aliphatic rings. The van der Waals surface area contributed by atoms with E-state index in [0.29, 0.717) is 35.9 Å². The Morgan fingerprint density at radius 3 is 2.74 bits per heavy atom. The van der Waals surface area contributed by atoms with Crippen molar-refractivity contribution in [1.82, 2.24) is 0 Å². The van der Waals surface area contributed by atoms with Gasteiger partial charge in [-0.3, -0.25) is 4.79 Å². The fourth-order valence-corrected chi connectivity index (χ4v) is 4.71. The van der Waals surface area contributed by atoms with E-state index >= 15 is 0 Å². The Morgan fingerprint density at radius 1 is 1.26 bits per heavy atom. The summed E-state index contributed by atoms with van der Waals surface area (Å²) in [6.45, 7) is 3.84. The Balaban J connectivity index is 1.79. The number of allylic oxidation sites excluding steroid dienone is 2. The van der Waals surface area contributed by atoms with Crippen LogP contribution in [0, 0.1) is 35.5 Å². The lowest BCUT2D eigenvalue weighted by atomic mass is 9.76. The minimum atomic E-state index is 0.131. The molecule has 6 atom stereocenters. The number of fused-ring (bicyclic) bond motifs is 5. The van der Waals surface area contributed by atoms with Crippen molar-refractivity contribution in [2.45, 2.75) is 46.0 Å². The predicted molar refractivity (Wildman–Crippen MR) is 74.5 cm³/mol. The van der Waals surface area contributed by atoms with E-state index in [1.165, 1.54) is 12.8 Å². The minimum absolute atomic E-state index is 0.131. The van der Waals surface area contributed by atoms with Crippen LogP contribution in [0.1, 0.15) is 46.0 Å². The van der Waals surface area contributed by atoms with E-state index < -0.39 is 0 Å². The van der Waals surface area contributed by atoms with Gasteiger partial charge in [-0.25, -0.2) is 0 Å². The van der Waals surface area contributed by atoms with Gasteiger partial charge in [-0.1, -0.05) is 19.1 Å². The molecule has 2 saturated carbocycles. The standard InChI is InChI=1S/C17H24O2/c1-10-3-7-15-12-5-6-13(9-12)16(15)17(19)14(10)8-4-11(2)18/h5-6,10,12-16H,3-4,7-9H2,1-2H3/t10-,12+,13-,14+,15+,16-/m0/s1. The molecule has 0 amide bonds. The van der Waals surface area contributed by atoms with Gasteiger partial charge >= 0.3 is 0 Å². The van der Waals surface area contributed by atoms with E-state index in [-0.39, 0.29) is 17.6 Å². The molecule has 2 heteroatoms. The second-order valence-electron chi connectivity index (χ2n) is 6.94. The molecule has 0 aromatic carbocycles. The number of Topliss-reactive ketones (excluding diaryl/α,β-unsaturated/α-hetero) is 2. The molecule has 0 aliphatic heterocycles. The van der Waals surface area contributed by atoms with Crippen LogP contribution in [0.5, 0.6) is 0 Å². The fraction of sp³-hybridized carbons (Fsp3) is 0.765. The second-order valence-corrected chi connectivity index (χ2v) is 6.94. The van der Waals surface area contributed by atoms with Gasteiger partial charge in [0.25, 0.3) is 0 Å². The first-order valence-electron chi connectivity index (χ1n) is 7.79. The van der Waals surface area contributed by atoms with Gasteiger partial charge < -0.3 is 4.79 Å². The quantitative estimate of drug-likeness (QED) is 0.729. The summed E-state index contributed by atoms with van der Waals surface area (Å²) in [5.74, 6) is 3.33. The first kappa shape index (κ1) is 13.1. The van der Waals surface area contributed by atoms with E-state index in [2.05, 4.69) is 19.1 Å². The van der Waals surface area contributed by atoms with Gasteiger partial charge in [0.1, 0.15) is 11.6 Å². The molecule has 2 bridgehead atoms. The molecule has 0 N–H and O–H groups in total. The summed E-state index contributed by atoms with van der Waals surface area (Å²) < 4.78 is 0. The molecule has 0 heterocycles. The number of carbonyl (C=O) groups excluding carboxylic acids is 2. The van der Waals surface area contributed by atoms with Gasteiger partial charge in [-0.05, 0) is 56.3 Å². The van der Waals surface area contributed by atoms with Crippen LogP contribution < -0.4 is 0 Å². The number of rotatable bonds is 3. The van der Waals surface area contributed by atoms with Crippen molar-refractivity contribution < 1.29 is 9.59 Å². The topological polar surface area (TPSA) is 34.1 Å². The Kier molecular flexibility index (Phi) is 3.36. The zero-order valence-corrected chi connectivity index (χ0v) is 12.0. The minimum Gasteiger partial charge on any atom is -0.300 e. The van der Waals surface area contributed by atoms with Gasteiger partial charge in [-0.15, -0.1) is 0 Å². The highest BCUT2D eigenvalue weighted by Gasteiger charge is 2.51. The summed E-state index contributed by atoms with van der Waals surface area (Å²) in [7, 11) is 0. The van der Waals surface area contributed by atoms with Crippen LogP contribution in [0.3, 0.4) is 0 Å². The van der Waals surface area contributed by atoms with E-state index in [1.54, 1.807) is 6.92 Å². The highest BCUT2D eigenvalue weighted by Crippen LogP contribution is 2.53. The van der Waals surface area contributed by atoms with Crippen molar-refractivity contribution in [1.29, 1.82) is 0 Å². The maximum Gasteiger partial charge on any atom is 0.140 e. The highest BCUT2D eigenvalue weighted by atomic mass is 16.1. The predicted octanol–water partition coefficient (Wildman–Crippen LogP) is 3.41. The average Bonchev–Trinajstić information content (AvgIpc) is 2.92. The van der Waals surface area contributed by atoms with Crippen LogP contribution in [-0.2, 0) is 9.59 Å². The molecule has 0 saturated heterocycles. The van der Waals surface area contributed by atoms with Gasteiger partial charge in [-0.2, -0.15) is 0 Å². The molecule has 104 valence electrons. The number of carbonyl (C=O) groups is 2. The van der Waals surface area contributed by atoms with Crippen molar-refractivity contribution in [3.63, 3.8) is 0 Å². The first-order chi connectivity index (χ1) is 9.08. The molecule has 0 radical (unpaired) electrons. The summed E-state index contributed by atoms with van der Waals surface area (Å²) >= 11 is 0. The van der Waals surface area contributed by atoms with Crippen LogP contribution in [0.25, 0.3) is 0 Å². The average molecular weight is 260 g/mol. The summed E-state index contributed by atoms with van der Waals surface area (Å²) in [4.78, 5) is 24.1. The molecular weight excluding hydrogens is 236 g/mol. The lowest BCUT2D eigenvalue weighted by Gasteiger charge is -2.27. The molecule has 3 rings (SSSR count). The molecule has 19 heavy (non-hydrogen) atoms. The van der Waals surface area contributed by atoms with E-state index in [9.17, 15) is 9.59 Å². The van der Waals surface area contributed by atoms with Crippen molar-refractivity contribution in [3.05, 3.63) is 12.2 Å². The zero-order chi connectivity index (χ0) is 13.6. The molecule has 0 aromatic heterocycles. The Labute approximate surface area is 115 Å². The Bertz CT molecular complexity index is 423. The molecule has 2 fully saturated rings. The lowest BCUT2D eigenvalue weighted by Crippen LogP contribution is -2.32. The first-order valence-corrected chi connectivity index (χ1v) is 7.79. The van der Waals surface area contributed by atoms with Crippen LogP contribution in [0.15, 0.2) is 12.2 Å². The van der Waals surface area contributed by atoms with Crippen LogP contribution >= 0.6 is 0 Å². The number of hydrogen-bond acceptors (Lipinski definition) is 2. The SMILES string of the molecule is CC(=O)CC[C@H]1C(=O)[C@@H]2[C@H](CC[C@@H]1C)[C@@H]1C=C[C@H]2C1. The largest absolute Gasteiger partial charge is 0.300 e. The molecule has 2 nitrogen and oxygen atoms in total. The van der Waals surface area contributed by atoms with Gasteiger partial charge in [0.15, 0.2) is 0 Å². The van der Waals surface area contributed by atoms with Crippen molar-refractivity contribution >= 4 is 11.6 Å². The van der Waals surface area contributed by atoms with Crippen molar-refractivity contribution in [2.75, 3.05) is 0 Å². The summed E-state index contributed by atoms with van der Waals surface area (Å²) in [5, 5.41) is 0. The molecule has 0 unspecified atom stereocenters. The maximum atomic E-state index is 12.9. The lowest BCUT2D eigenvalue weighted by molar-refractivity contribution is -0.130.